The van der Waals surface area contributed by atoms with Crippen molar-refractivity contribution in [3.8, 4) is 0 Å². The van der Waals surface area contributed by atoms with Crippen LogP contribution >= 0.6 is 0 Å². The summed E-state index contributed by atoms with van der Waals surface area (Å²) in [6.07, 6.45) is 4.89. The molecule has 0 saturated carbocycles. The van der Waals surface area contributed by atoms with Gasteiger partial charge in [-0.05, 0) is 31.4 Å². The molecule has 4 rings (SSSR count). The summed E-state index contributed by atoms with van der Waals surface area (Å²) >= 11 is 0. The summed E-state index contributed by atoms with van der Waals surface area (Å²) < 4.78 is 1.31. The van der Waals surface area contributed by atoms with E-state index in [1.165, 1.54) is 4.68 Å². The van der Waals surface area contributed by atoms with Gasteiger partial charge in [0.05, 0.1) is 0 Å². The third-order valence-electron chi connectivity index (χ3n) is 4.69. The minimum atomic E-state index is -0.174. The number of rotatable bonds is 1. The normalized spacial score (nSPS) is 19.7. The van der Waals surface area contributed by atoms with Gasteiger partial charge in [0, 0.05) is 38.3 Å². The van der Waals surface area contributed by atoms with Gasteiger partial charge in [0.1, 0.15) is 5.52 Å². The number of carbonyl (C=O) groups excluding carboxylic acids is 2. The maximum absolute atomic E-state index is 12.6. The molecule has 23 heavy (non-hydrogen) atoms. The average Bonchev–Trinajstić information content (AvgIpc) is 3.20. The number of fused-ring (bicyclic) bond motifs is 1. The fraction of sp³-hybridized carbons (Fsp3) is 0.533. The lowest BCUT2D eigenvalue weighted by Gasteiger charge is -2.36. The first kappa shape index (κ1) is 14.1. The number of hydrogen-bond donors (Lipinski definition) is 0. The van der Waals surface area contributed by atoms with Crippen LogP contribution < -0.4 is 0 Å². The summed E-state index contributed by atoms with van der Waals surface area (Å²) in [5.74, 6) is 0.253. The molecular formula is C15H18N6O2. The Kier molecular flexibility index (Phi) is 3.44. The Bertz CT molecular complexity index is 749. The van der Waals surface area contributed by atoms with E-state index in [0.717, 1.165) is 25.8 Å². The van der Waals surface area contributed by atoms with Crippen LogP contribution in [0.5, 0.6) is 0 Å². The predicted octanol–water partition coefficient (Wildman–Crippen LogP) is 0.881. The Balaban J connectivity index is 1.46. The zero-order valence-corrected chi connectivity index (χ0v) is 12.8. The number of aromatic nitrogens is 4. The van der Waals surface area contributed by atoms with Crippen molar-refractivity contribution < 1.29 is 9.59 Å². The molecule has 0 spiro atoms. The molecule has 0 radical (unpaired) electrons. The fourth-order valence-corrected chi connectivity index (χ4v) is 3.47. The average molecular weight is 314 g/mol. The van der Waals surface area contributed by atoms with Crippen LogP contribution in [0.15, 0.2) is 18.3 Å². The molecule has 2 fully saturated rings. The molecule has 8 nitrogen and oxygen atoms in total. The Morgan fingerprint density at radius 3 is 2.78 bits per heavy atom. The van der Waals surface area contributed by atoms with Crippen LogP contribution in [0.1, 0.15) is 25.7 Å². The lowest BCUT2D eigenvalue weighted by molar-refractivity contribution is -0.130. The van der Waals surface area contributed by atoms with E-state index in [0.29, 0.717) is 30.7 Å². The van der Waals surface area contributed by atoms with Crippen LogP contribution in [-0.2, 0) is 4.79 Å². The van der Waals surface area contributed by atoms with Crippen molar-refractivity contribution in [1.82, 2.24) is 29.8 Å². The number of likely N-dealkylation sites (tertiary alicyclic amines) is 2. The second-order valence-electron chi connectivity index (χ2n) is 6.04. The number of carbonyl (C=O) groups is 2. The largest absolute Gasteiger partial charge is 0.346 e. The molecule has 120 valence electrons. The first-order valence-corrected chi connectivity index (χ1v) is 7.99. The van der Waals surface area contributed by atoms with Gasteiger partial charge >= 0.3 is 6.03 Å². The van der Waals surface area contributed by atoms with Gasteiger partial charge in [-0.1, -0.05) is 5.21 Å². The highest BCUT2D eigenvalue weighted by atomic mass is 16.2. The van der Waals surface area contributed by atoms with E-state index in [-0.39, 0.29) is 18.0 Å². The summed E-state index contributed by atoms with van der Waals surface area (Å²) in [5.41, 5.74) is 1.09. The van der Waals surface area contributed by atoms with E-state index in [4.69, 9.17) is 0 Å². The molecule has 2 aliphatic heterocycles. The summed E-state index contributed by atoms with van der Waals surface area (Å²) in [4.78, 5) is 32.3. The molecule has 2 amide bonds. The fourth-order valence-electron chi connectivity index (χ4n) is 3.47. The zero-order valence-electron chi connectivity index (χ0n) is 12.8. The number of hydrogen-bond acceptors (Lipinski definition) is 5. The summed E-state index contributed by atoms with van der Waals surface area (Å²) in [6, 6.07) is 3.64. The van der Waals surface area contributed by atoms with Crippen molar-refractivity contribution in [3.63, 3.8) is 0 Å². The van der Waals surface area contributed by atoms with E-state index in [2.05, 4.69) is 15.3 Å². The predicted molar refractivity (Wildman–Crippen MR) is 81.7 cm³/mol. The van der Waals surface area contributed by atoms with Crippen molar-refractivity contribution in [2.24, 2.45) is 0 Å². The Morgan fingerprint density at radius 1 is 1.22 bits per heavy atom. The lowest BCUT2D eigenvalue weighted by Crippen LogP contribution is -2.48. The molecule has 0 aliphatic carbocycles. The van der Waals surface area contributed by atoms with Gasteiger partial charge in [0.15, 0.2) is 0 Å². The Hall–Kier alpha value is -2.51. The van der Waals surface area contributed by atoms with Crippen LogP contribution in [0.4, 0.5) is 4.79 Å². The quantitative estimate of drug-likeness (QED) is 0.780. The van der Waals surface area contributed by atoms with Crippen LogP contribution in [0.3, 0.4) is 0 Å². The number of piperidine rings is 1. The van der Waals surface area contributed by atoms with Crippen LogP contribution in [0.25, 0.3) is 11.2 Å². The van der Waals surface area contributed by atoms with Crippen molar-refractivity contribution in [2.45, 2.75) is 31.7 Å². The Labute approximate surface area is 133 Å². The van der Waals surface area contributed by atoms with Crippen molar-refractivity contribution >= 4 is 23.1 Å². The SMILES string of the molecule is O=C1CCCN1C1CCN(C(=O)n2nnc3ncccc32)CC1. The maximum Gasteiger partial charge on any atom is 0.346 e. The van der Waals surface area contributed by atoms with Crippen LogP contribution in [0.2, 0.25) is 0 Å². The first-order valence-electron chi connectivity index (χ1n) is 7.99. The molecular weight excluding hydrogens is 296 g/mol. The highest BCUT2D eigenvalue weighted by Gasteiger charge is 2.32. The molecule has 2 aromatic rings. The number of amides is 2. The van der Waals surface area contributed by atoms with E-state index in [1.54, 1.807) is 23.2 Å². The molecule has 2 saturated heterocycles. The second-order valence-corrected chi connectivity index (χ2v) is 6.04. The molecule has 0 unspecified atom stereocenters. The molecule has 0 bridgehead atoms. The van der Waals surface area contributed by atoms with Gasteiger partial charge in [-0.2, -0.15) is 4.68 Å². The number of pyridine rings is 1. The van der Waals surface area contributed by atoms with E-state index in [9.17, 15) is 9.59 Å². The van der Waals surface area contributed by atoms with Crippen LogP contribution in [-0.4, -0.2) is 67.4 Å². The van der Waals surface area contributed by atoms with Gasteiger partial charge in [-0.15, -0.1) is 5.10 Å². The first-order chi connectivity index (χ1) is 11.2. The van der Waals surface area contributed by atoms with E-state index >= 15 is 0 Å². The summed E-state index contributed by atoms with van der Waals surface area (Å²) in [5, 5.41) is 7.85. The molecule has 2 aromatic heterocycles. The molecule has 0 atom stereocenters. The molecule has 2 aliphatic rings. The smallest absolute Gasteiger partial charge is 0.340 e. The highest BCUT2D eigenvalue weighted by molar-refractivity contribution is 5.86. The van der Waals surface area contributed by atoms with Crippen LogP contribution in [0, 0.1) is 0 Å². The summed E-state index contributed by atoms with van der Waals surface area (Å²) in [6.45, 7) is 2.13. The van der Waals surface area contributed by atoms with Gasteiger partial charge in [-0.25, -0.2) is 9.78 Å². The third kappa shape index (κ3) is 2.43. The van der Waals surface area contributed by atoms with E-state index in [1.807, 2.05) is 4.90 Å². The molecule has 0 N–H and O–H groups in total. The maximum atomic E-state index is 12.6. The van der Waals surface area contributed by atoms with Gasteiger partial charge in [-0.3, -0.25) is 4.79 Å². The minimum absolute atomic E-state index is 0.174. The molecule has 0 aromatic carbocycles. The molecule has 8 heteroatoms. The minimum Gasteiger partial charge on any atom is -0.340 e. The topological polar surface area (TPSA) is 84.2 Å². The monoisotopic (exact) mass is 314 g/mol. The summed E-state index contributed by atoms with van der Waals surface area (Å²) in [7, 11) is 0. The number of nitrogens with zero attached hydrogens (tertiary/aromatic N) is 6. The molecule has 4 heterocycles. The Morgan fingerprint density at radius 2 is 2.04 bits per heavy atom. The van der Waals surface area contributed by atoms with Gasteiger partial charge in [0.2, 0.25) is 11.6 Å². The van der Waals surface area contributed by atoms with Crippen molar-refractivity contribution in [1.29, 1.82) is 0 Å². The highest BCUT2D eigenvalue weighted by Crippen LogP contribution is 2.22. The van der Waals surface area contributed by atoms with Gasteiger partial charge < -0.3 is 9.80 Å². The van der Waals surface area contributed by atoms with Gasteiger partial charge in [0.25, 0.3) is 0 Å². The zero-order chi connectivity index (χ0) is 15.8. The van der Waals surface area contributed by atoms with Crippen molar-refractivity contribution in [3.05, 3.63) is 18.3 Å². The second kappa shape index (κ2) is 5.60. The van der Waals surface area contributed by atoms with E-state index < -0.39 is 0 Å². The standard InChI is InChI=1S/C15H18N6O2/c22-13-4-2-8-20(13)11-5-9-19(10-6-11)15(23)21-12-3-1-7-16-14(12)17-18-21/h1,3,7,11H,2,4-6,8-10H2. The third-order valence-corrected chi connectivity index (χ3v) is 4.69. The van der Waals surface area contributed by atoms with Crippen molar-refractivity contribution in [2.75, 3.05) is 19.6 Å². The lowest BCUT2D eigenvalue weighted by atomic mass is 10.0.